The van der Waals surface area contributed by atoms with Crippen LogP contribution in [0.2, 0.25) is 5.02 Å². The van der Waals surface area contributed by atoms with Gasteiger partial charge in [0.2, 0.25) is 5.91 Å². The Kier molecular flexibility index (Phi) is 3.87. The standard InChI is InChI=1S/C13H12ClN3O2/c14-9-1-2-12(11(15)7-9)16-13(19)8-17-5-3-10(18)4-6-17/h1-7H,8,15H2,(H,16,19). The smallest absolute Gasteiger partial charge is 0.244 e. The summed E-state index contributed by atoms with van der Waals surface area (Å²) in [7, 11) is 0. The number of carbonyl (C=O) groups is 1. The van der Waals surface area contributed by atoms with Gasteiger partial charge in [-0.25, -0.2) is 0 Å². The fourth-order valence-electron chi connectivity index (χ4n) is 1.55. The van der Waals surface area contributed by atoms with Crippen LogP contribution in [0.3, 0.4) is 0 Å². The average molecular weight is 278 g/mol. The molecule has 0 aliphatic carbocycles. The summed E-state index contributed by atoms with van der Waals surface area (Å²) >= 11 is 5.77. The molecule has 5 nitrogen and oxygen atoms in total. The van der Waals surface area contributed by atoms with Crippen LogP contribution in [0.15, 0.2) is 47.5 Å². The third-order valence-corrected chi connectivity index (χ3v) is 2.71. The number of nitrogen functional groups attached to an aromatic ring is 1. The minimum absolute atomic E-state index is 0.0985. The number of nitrogens with zero attached hydrogens (tertiary/aromatic N) is 1. The van der Waals surface area contributed by atoms with E-state index >= 15 is 0 Å². The van der Waals surface area contributed by atoms with E-state index in [0.29, 0.717) is 16.4 Å². The second kappa shape index (κ2) is 5.58. The molecule has 0 bridgehead atoms. The van der Waals surface area contributed by atoms with Crippen LogP contribution in [-0.2, 0) is 11.3 Å². The van der Waals surface area contributed by atoms with Crippen LogP contribution in [0.4, 0.5) is 11.4 Å². The predicted octanol–water partition coefficient (Wildman–Crippen LogP) is 1.72. The van der Waals surface area contributed by atoms with Crippen molar-refractivity contribution in [2.75, 3.05) is 11.1 Å². The second-order valence-corrected chi connectivity index (χ2v) is 4.42. The molecule has 1 aromatic carbocycles. The molecule has 0 saturated carbocycles. The molecular formula is C13H12ClN3O2. The molecule has 0 aliphatic rings. The quantitative estimate of drug-likeness (QED) is 0.839. The monoisotopic (exact) mass is 277 g/mol. The molecule has 0 unspecified atom stereocenters. The van der Waals surface area contributed by atoms with Gasteiger partial charge in [0.15, 0.2) is 5.43 Å². The van der Waals surface area contributed by atoms with E-state index in [0.717, 1.165) is 0 Å². The van der Waals surface area contributed by atoms with Crippen LogP contribution >= 0.6 is 11.6 Å². The van der Waals surface area contributed by atoms with Gasteiger partial charge in [-0.15, -0.1) is 0 Å². The maximum absolute atomic E-state index is 11.8. The Labute approximate surface area is 114 Å². The van der Waals surface area contributed by atoms with Gasteiger partial charge in [-0.05, 0) is 18.2 Å². The molecule has 98 valence electrons. The van der Waals surface area contributed by atoms with E-state index in [1.807, 2.05) is 0 Å². The number of hydrogen-bond donors (Lipinski definition) is 2. The van der Waals surface area contributed by atoms with E-state index in [4.69, 9.17) is 17.3 Å². The number of rotatable bonds is 3. The lowest BCUT2D eigenvalue weighted by Gasteiger charge is -2.09. The normalized spacial score (nSPS) is 10.2. The molecule has 0 fully saturated rings. The van der Waals surface area contributed by atoms with Gasteiger partial charge in [0.05, 0.1) is 11.4 Å². The first-order valence-electron chi connectivity index (χ1n) is 5.55. The predicted molar refractivity (Wildman–Crippen MR) is 75.2 cm³/mol. The van der Waals surface area contributed by atoms with Gasteiger partial charge in [-0.1, -0.05) is 11.6 Å². The van der Waals surface area contributed by atoms with Crippen LogP contribution in [0.1, 0.15) is 0 Å². The van der Waals surface area contributed by atoms with E-state index in [-0.39, 0.29) is 17.9 Å². The summed E-state index contributed by atoms with van der Waals surface area (Å²) in [6, 6.07) is 7.64. The number of anilines is 2. The maximum Gasteiger partial charge on any atom is 0.244 e. The molecule has 2 rings (SSSR count). The summed E-state index contributed by atoms with van der Waals surface area (Å²) < 4.78 is 1.60. The number of pyridine rings is 1. The van der Waals surface area contributed by atoms with Gasteiger partial charge in [-0.2, -0.15) is 0 Å². The molecule has 0 radical (unpaired) electrons. The largest absolute Gasteiger partial charge is 0.397 e. The van der Waals surface area contributed by atoms with Crippen molar-refractivity contribution in [2.45, 2.75) is 6.54 Å². The number of hydrogen-bond acceptors (Lipinski definition) is 3. The Balaban J connectivity index is 2.05. The van der Waals surface area contributed by atoms with E-state index < -0.39 is 0 Å². The maximum atomic E-state index is 11.8. The molecule has 19 heavy (non-hydrogen) atoms. The summed E-state index contributed by atoms with van der Waals surface area (Å²) in [5.41, 5.74) is 6.55. The number of nitrogens with one attached hydrogen (secondary N) is 1. The number of amides is 1. The first-order valence-corrected chi connectivity index (χ1v) is 5.93. The van der Waals surface area contributed by atoms with E-state index in [1.54, 1.807) is 35.2 Å². The Bertz CT molecular complexity index is 647. The lowest BCUT2D eigenvalue weighted by atomic mass is 10.2. The Morgan fingerprint density at radius 2 is 1.95 bits per heavy atom. The molecule has 0 spiro atoms. The van der Waals surface area contributed by atoms with Gasteiger partial charge >= 0.3 is 0 Å². The molecule has 0 aliphatic heterocycles. The summed E-state index contributed by atoms with van der Waals surface area (Å²) in [5.74, 6) is -0.238. The highest BCUT2D eigenvalue weighted by Gasteiger charge is 2.05. The molecule has 1 amide bonds. The lowest BCUT2D eigenvalue weighted by molar-refractivity contribution is -0.116. The van der Waals surface area contributed by atoms with E-state index in [1.165, 1.54) is 12.1 Å². The topological polar surface area (TPSA) is 77.1 Å². The Morgan fingerprint density at radius 3 is 2.58 bits per heavy atom. The molecular weight excluding hydrogens is 266 g/mol. The van der Waals surface area contributed by atoms with Crippen LogP contribution in [0.5, 0.6) is 0 Å². The Hall–Kier alpha value is -2.27. The third kappa shape index (κ3) is 3.59. The highest BCUT2D eigenvalue weighted by molar-refractivity contribution is 6.31. The lowest BCUT2D eigenvalue weighted by Crippen LogP contribution is -2.19. The summed E-state index contributed by atoms with van der Waals surface area (Å²) in [4.78, 5) is 22.7. The number of benzene rings is 1. The minimum Gasteiger partial charge on any atom is -0.397 e. The van der Waals surface area contributed by atoms with Crippen molar-refractivity contribution in [1.29, 1.82) is 0 Å². The van der Waals surface area contributed by atoms with Crippen LogP contribution < -0.4 is 16.5 Å². The molecule has 6 heteroatoms. The van der Waals surface area contributed by atoms with Crippen molar-refractivity contribution in [1.82, 2.24) is 4.57 Å². The van der Waals surface area contributed by atoms with Crippen molar-refractivity contribution >= 4 is 28.9 Å². The summed E-state index contributed by atoms with van der Waals surface area (Å²) in [5, 5.41) is 3.19. The SMILES string of the molecule is Nc1cc(Cl)ccc1NC(=O)Cn1ccc(=O)cc1. The van der Waals surface area contributed by atoms with Crippen LogP contribution in [0.25, 0.3) is 0 Å². The highest BCUT2D eigenvalue weighted by atomic mass is 35.5. The zero-order valence-corrected chi connectivity index (χ0v) is 10.7. The van der Waals surface area contributed by atoms with E-state index in [2.05, 4.69) is 5.32 Å². The number of aromatic nitrogens is 1. The van der Waals surface area contributed by atoms with Crippen molar-refractivity contribution in [3.05, 3.63) is 58.0 Å². The Morgan fingerprint density at radius 1 is 1.26 bits per heavy atom. The van der Waals surface area contributed by atoms with Gasteiger partial charge in [0.1, 0.15) is 6.54 Å². The van der Waals surface area contributed by atoms with Crippen LogP contribution in [-0.4, -0.2) is 10.5 Å². The van der Waals surface area contributed by atoms with E-state index in [9.17, 15) is 9.59 Å². The minimum atomic E-state index is -0.238. The van der Waals surface area contributed by atoms with Gasteiger partial charge < -0.3 is 15.6 Å². The number of nitrogens with two attached hydrogens (primary N) is 1. The second-order valence-electron chi connectivity index (χ2n) is 3.99. The molecule has 0 saturated heterocycles. The highest BCUT2D eigenvalue weighted by Crippen LogP contribution is 2.22. The zero-order chi connectivity index (χ0) is 13.8. The average Bonchev–Trinajstić information content (AvgIpc) is 2.36. The van der Waals surface area contributed by atoms with Gasteiger partial charge in [0.25, 0.3) is 0 Å². The fraction of sp³-hybridized carbons (Fsp3) is 0.0769. The first-order chi connectivity index (χ1) is 9.04. The first kappa shape index (κ1) is 13.2. The molecule has 3 N–H and O–H groups in total. The van der Waals surface area contributed by atoms with Gasteiger partial charge in [0, 0.05) is 29.5 Å². The zero-order valence-electron chi connectivity index (χ0n) is 9.97. The fourth-order valence-corrected chi connectivity index (χ4v) is 1.73. The third-order valence-electron chi connectivity index (χ3n) is 2.47. The molecule has 2 aromatic rings. The number of carbonyl (C=O) groups excluding carboxylic acids is 1. The molecule has 1 heterocycles. The van der Waals surface area contributed by atoms with Crippen molar-refractivity contribution < 1.29 is 4.79 Å². The molecule has 1 aromatic heterocycles. The van der Waals surface area contributed by atoms with Crippen molar-refractivity contribution in [2.24, 2.45) is 0 Å². The van der Waals surface area contributed by atoms with Crippen LogP contribution in [0, 0.1) is 0 Å². The van der Waals surface area contributed by atoms with Crippen molar-refractivity contribution in [3.8, 4) is 0 Å². The molecule has 0 atom stereocenters. The van der Waals surface area contributed by atoms with Crippen molar-refractivity contribution in [3.63, 3.8) is 0 Å². The van der Waals surface area contributed by atoms with Gasteiger partial charge in [-0.3, -0.25) is 9.59 Å². The number of halogens is 1. The summed E-state index contributed by atoms with van der Waals surface area (Å²) in [6.45, 7) is 0.0996. The summed E-state index contributed by atoms with van der Waals surface area (Å²) in [6.07, 6.45) is 3.10.